The van der Waals surface area contributed by atoms with Crippen LogP contribution in [0.25, 0.3) is 0 Å². The summed E-state index contributed by atoms with van der Waals surface area (Å²) in [5, 5.41) is 0. The Labute approximate surface area is 139 Å². The third kappa shape index (κ3) is 4.65. The summed E-state index contributed by atoms with van der Waals surface area (Å²) >= 11 is 0. The molecule has 0 aliphatic carbocycles. The summed E-state index contributed by atoms with van der Waals surface area (Å²) in [5.41, 5.74) is 0.0700. The highest BCUT2D eigenvalue weighted by atomic mass is 32.2. The van der Waals surface area contributed by atoms with Crippen molar-refractivity contribution < 1.29 is 22.7 Å². The maximum atomic E-state index is 11.7. The first kappa shape index (κ1) is 18.6. The van der Waals surface area contributed by atoms with E-state index in [9.17, 15) is 13.2 Å². The lowest BCUT2D eigenvalue weighted by Gasteiger charge is -2.48. The number of piperidine rings is 1. The molecule has 2 rings (SSSR count). The molecule has 0 N–H and O–H groups in total. The molecule has 1 spiro atoms. The summed E-state index contributed by atoms with van der Waals surface area (Å²) in [7, 11) is 0.297. The Morgan fingerprint density at radius 3 is 2.52 bits per heavy atom. The average molecular weight is 348 g/mol. The number of sulfonamides is 1. The highest BCUT2D eigenvalue weighted by Crippen LogP contribution is 2.45. The van der Waals surface area contributed by atoms with Crippen molar-refractivity contribution >= 4 is 15.9 Å². The lowest BCUT2D eigenvalue weighted by Crippen LogP contribution is -2.50. The Morgan fingerprint density at radius 1 is 1.30 bits per heavy atom. The molecule has 2 saturated heterocycles. The molecule has 0 bridgehead atoms. The topological polar surface area (TPSA) is 76.2 Å². The van der Waals surface area contributed by atoms with Gasteiger partial charge in [0, 0.05) is 39.7 Å². The normalized spacial score (nSPS) is 25.4. The fraction of sp³-hybridized carbons (Fsp3) is 0.933. The van der Waals surface area contributed by atoms with Crippen LogP contribution in [0.3, 0.4) is 0 Å². The van der Waals surface area contributed by atoms with Crippen molar-refractivity contribution in [3.63, 3.8) is 0 Å². The van der Waals surface area contributed by atoms with Crippen LogP contribution in [0.5, 0.6) is 0 Å². The van der Waals surface area contributed by atoms with E-state index in [2.05, 4.69) is 0 Å². The van der Waals surface area contributed by atoms with Crippen LogP contribution in [0.1, 0.15) is 19.3 Å². The van der Waals surface area contributed by atoms with E-state index in [4.69, 9.17) is 9.47 Å². The predicted octanol–water partition coefficient (Wildman–Crippen LogP) is 0.170. The summed E-state index contributed by atoms with van der Waals surface area (Å²) in [6, 6.07) is 0. The van der Waals surface area contributed by atoms with Crippen molar-refractivity contribution in [1.29, 1.82) is 0 Å². The van der Waals surface area contributed by atoms with Gasteiger partial charge in [-0.15, -0.1) is 0 Å². The molecule has 2 aliphatic rings. The highest BCUT2D eigenvalue weighted by molar-refractivity contribution is 7.88. The summed E-state index contributed by atoms with van der Waals surface area (Å²) < 4.78 is 36.1. The van der Waals surface area contributed by atoms with Crippen LogP contribution >= 0.6 is 0 Å². The number of carbonyl (C=O) groups is 1. The van der Waals surface area contributed by atoms with E-state index in [0.29, 0.717) is 32.9 Å². The SMILES string of the molecule is CN(C)C(=O)COC[C@H]1COCCC12CCN(S(C)(=O)=O)CC2. The molecule has 23 heavy (non-hydrogen) atoms. The Kier molecular flexibility index (Phi) is 6.05. The van der Waals surface area contributed by atoms with Crippen LogP contribution in [0, 0.1) is 11.3 Å². The van der Waals surface area contributed by atoms with E-state index in [-0.39, 0.29) is 23.8 Å². The van der Waals surface area contributed by atoms with Gasteiger partial charge in [0.15, 0.2) is 0 Å². The number of nitrogens with zero attached hydrogens (tertiary/aromatic N) is 2. The molecule has 0 radical (unpaired) electrons. The molecule has 7 nitrogen and oxygen atoms in total. The summed E-state index contributed by atoms with van der Waals surface area (Å²) in [5.74, 6) is 0.163. The summed E-state index contributed by atoms with van der Waals surface area (Å²) in [6.45, 7) is 3.02. The van der Waals surface area contributed by atoms with Gasteiger partial charge in [-0.2, -0.15) is 0 Å². The van der Waals surface area contributed by atoms with Crippen LogP contribution < -0.4 is 0 Å². The molecule has 0 aromatic carbocycles. The molecule has 0 aromatic heterocycles. The minimum atomic E-state index is -3.12. The van der Waals surface area contributed by atoms with Crippen molar-refractivity contribution in [3.05, 3.63) is 0 Å². The van der Waals surface area contributed by atoms with Crippen molar-refractivity contribution in [2.24, 2.45) is 11.3 Å². The largest absolute Gasteiger partial charge is 0.381 e. The number of amides is 1. The van der Waals surface area contributed by atoms with E-state index in [0.717, 1.165) is 19.3 Å². The van der Waals surface area contributed by atoms with Crippen molar-refractivity contribution in [1.82, 2.24) is 9.21 Å². The minimum Gasteiger partial charge on any atom is -0.381 e. The van der Waals surface area contributed by atoms with E-state index < -0.39 is 10.0 Å². The Morgan fingerprint density at radius 2 is 1.96 bits per heavy atom. The Hall–Kier alpha value is -0.700. The van der Waals surface area contributed by atoms with Gasteiger partial charge in [-0.25, -0.2) is 12.7 Å². The second kappa shape index (κ2) is 7.46. The lowest BCUT2D eigenvalue weighted by molar-refractivity contribution is -0.138. The second-order valence-corrected chi connectivity index (χ2v) is 8.83. The van der Waals surface area contributed by atoms with E-state index in [1.54, 1.807) is 18.4 Å². The zero-order valence-corrected chi connectivity index (χ0v) is 15.1. The Balaban J connectivity index is 1.92. The first-order valence-electron chi connectivity index (χ1n) is 8.05. The molecular weight excluding hydrogens is 320 g/mol. The van der Waals surface area contributed by atoms with Gasteiger partial charge in [-0.05, 0) is 24.7 Å². The first-order valence-corrected chi connectivity index (χ1v) is 9.90. The van der Waals surface area contributed by atoms with E-state index in [1.165, 1.54) is 11.2 Å². The number of ether oxygens (including phenoxy) is 2. The molecule has 1 amide bonds. The maximum Gasteiger partial charge on any atom is 0.248 e. The predicted molar refractivity (Wildman–Crippen MR) is 86.5 cm³/mol. The molecular formula is C15H28N2O5S. The van der Waals surface area contributed by atoms with Gasteiger partial charge in [-0.1, -0.05) is 0 Å². The van der Waals surface area contributed by atoms with Crippen molar-refractivity contribution in [2.75, 3.05) is 59.9 Å². The van der Waals surface area contributed by atoms with Crippen LogP contribution in [0.15, 0.2) is 0 Å². The molecule has 2 fully saturated rings. The fourth-order valence-electron chi connectivity index (χ4n) is 3.45. The van der Waals surface area contributed by atoms with Crippen LogP contribution in [0.4, 0.5) is 0 Å². The van der Waals surface area contributed by atoms with Crippen molar-refractivity contribution in [2.45, 2.75) is 19.3 Å². The van der Waals surface area contributed by atoms with Crippen LogP contribution in [-0.4, -0.2) is 83.4 Å². The standard InChI is InChI=1S/C15H28N2O5S/c1-16(2)14(18)12-22-11-13-10-21-9-6-15(13)4-7-17(8-5-15)23(3,19)20/h13H,4-12H2,1-3H3/t13-/m1/s1. The Bertz CT molecular complexity index is 512. The molecule has 2 aliphatic heterocycles. The van der Waals surface area contributed by atoms with Crippen molar-refractivity contribution in [3.8, 4) is 0 Å². The zero-order valence-electron chi connectivity index (χ0n) is 14.3. The molecule has 0 unspecified atom stereocenters. The molecule has 0 saturated carbocycles. The fourth-order valence-corrected chi connectivity index (χ4v) is 4.29. The van der Waals surface area contributed by atoms with Gasteiger partial charge in [-0.3, -0.25) is 4.79 Å². The molecule has 2 heterocycles. The summed E-state index contributed by atoms with van der Waals surface area (Å²) in [6.07, 6.45) is 3.86. The molecule has 134 valence electrons. The van der Waals surface area contributed by atoms with Gasteiger partial charge in [0.2, 0.25) is 15.9 Å². The smallest absolute Gasteiger partial charge is 0.248 e. The third-order valence-corrected chi connectivity index (χ3v) is 6.46. The quantitative estimate of drug-likeness (QED) is 0.708. The second-order valence-electron chi connectivity index (χ2n) is 6.85. The van der Waals surface area contributed by atoms with Gasteiger partial charge >= 0.3 is 0 Å². The van der Waals surface area contributed by atoms with E-state index in [1.807, 2.05) is 0 Å². The van der Waals surface area contributed by atoms with Crippen LogP contribution in [-0.2, 0) is 24.3 Å². The van der Waals surface area contributed by atoms with Gasteiger partial charge < -0.3 is 14.4 Å². The van der Waals surface area contributed by atoms with Crippen LogP contribution in [0.2, 0.25) is 0 Å². The highest BCUT2D eigenvalue weighted by Gasteiger charge is 2.44. The minimum absolute atomic E-state index is 0.0531. The van der Waals surface area contributed by atoms with E-state index >= 15 is 0 Å². The zero-order chi connectivity index (χ0) is 17.1. The van der Waals surface area contributed by atoms with Gasteiger partial charge in [0.1, 0.15) is 6.61 Å². The first-order chi connectivity index (χ1) is 10.7. The summed E-state index contributed by atoms with van der Waals surface area (Å²) in [4.78, 5) is 13.1. The molecule has 1 atom stereocenters. The lowest BCUT2D eigenvalue weighted by atomic mass is 9.66. The number of hydrogen-bond acceptors (Lipinski definition) is 5. The monoisotopic (exact) mass is 348 g/mol. The van der Waals surface area contributed by atoms with Gasteiger partial charge in [0.05, 0.1) is 19.5 Å². The number of carbonyl (C=O) groups excluding carboxylic acids is 1. The third-order valence-electron chi connectivity index (χ3n) is 5.16. The number of likely N-dealkylation sites (N-methyl/N-ethyl adjacent to an activating group) is 1. The molecule has 0 aromatic rings. The number of hydrogen-bond donors (Lipinski definition) is 0. The van der Waals surface area contributed by atoms with Gasteiger partial charge in [0.25, 0.3) is 0 Å². The number of rotatable bonds is 5. The average Bonchev–Trinajstić information content (AvgIpc) is 2.48. The maximum absolute atomic E-state index is 11.7. The molecule has 8 heteroatoms.